The zero-order valence-corrected chi connectivity index (χ0v) is 7.84. The minimum Gasteiger partial charge on any atom is -0.358 e. The van der Waals surface area contributed by atoms with Gasteiger partial charge in [-0.3, -0.25) is 0 Å². The van der Waals surface area contributed by atoms with E-state index in [2.05, 4.69) is 27.7 Å². The maximum absolute atomic E-state index is 2.12. The Balaban J connectivity index is -0.000000125. The van der Waals surface area contributed by atoms with Crippen molar-refractivity contribution in [1.82, 2.24) is 0 Å². The normalized spacial score (nSPS) is 6.00. The molecular weight excluding hydrogens is 135 g/mol. The molecule has 0 saturated heterocycles. The monoisotopic (exact) mass is 150 g/mol. The Labute approximate surface area is 65.3 Å². The van der Waals surface area contributed by atoms with E-state index < -0.39 is 0 Å². The van der Waals surface area contributed by atoms with Crippen LogP contribution in [-0.2, 0) is 18.6 Å². The van der Waals surface area contributed by atoms with Gasteiger partial charge < -0.3 is 7.43 Å². The number of allylic oxidation sites excluding steroid dienone is 2. The standard InChI is InChI=1S/C6H12.CH3.V/c1-5(2)6(3)4;;/h1-4H3;1H3;/q;-1;. The van der Waals surface area contributed by atoms with Crippen molar-refractivity contribution in [2.75, 3.05) is 0 Å². The molecule has 0 unspecified atom stereocenters. The van der Waals surface area contributed by atoms with Gasteiger partial charge in [-0.2, -0.15) is 0 Å². The van der Waals surface area contributed by atoms with Crippen LogP contribution < -0.4 is 0 Å². The van der Waals surface area contributed by atoms with Gasteiger partial charge in [0, 0.05) is 18.6 Å². The van der Waals surface area contributed by atoms with Crippen molar-refractivity contribution in [3.8, 4) is 0 Å². The summed E-state index contributed by atoms with van der Waals surface area (Å²) in [6.07, 6.45) is 0. The smallest absolute Gasteiger partial charge is 0 e. The van der Waals surface area contributed by atoms with Gasteiger partial charge >= 0.3 is 0 Å². The molecule has 1 heteroatoms. The second-order valence-corrected chi connectivity index (χ2v) is 2.00. The van der Waals surface area contributed by atoms with Gasteiger partial charge in [-0.25, -0.2) is 0 Å². The molecule has 0 aromatic carbocycles. The first-order chi connectivity index (χ1) is 2.64. The maximum atomic E-state index is 2.12. The Bertz CT molecular complexity index is 54.5. The van der Waals surface area contributed by atoms with E-state index in [1.54, 1.807) is 0 Å². The van der Waals surface area contributed by atoms with Crippen LogP contribution in [0.25, 0.3) is 0 Å². The van der Waals surface area contributed by atoms with Crippen LogP contribution in [-0.4, -0.2) is 0 Å². The maximum Gasteiger partial charge on any atom is 0 e. The van der Waals surface area contributed by atoms with Crippen molar-refractivity contribution in [3.05, 3.63) is 18.6 Å². The third-order valence-electron chi connectivity index (χ3n) is 1.00. The van der Waals surface area contributed by atoms with E-state index in [1.807, 2.05) is 0 Å². The molecule has 0 nitrogen and oxygen atoms in total. The topological polar surface area (TPSA) is 0 Å². The molecule has 0 heterocycles. The predicted molar refractivity (Wildman–Crippen MR) is 36.1 cm³/mol. The molecule has 0 atom stereocenters. The van der Waals surface area contributed by atoms with E-state index in [0.717, 1.165) is 0 Å². The fourth-order valence-electron chi connectivity index (χ4n) is 0. The van der Waals surface area contributed by atoms with Crippen molar-refractivity contribution in [3.63, 3.8) is 0 Å². The Hall–Kier alpha value is 0.324. The summed E-state index contributed by atoms with van der Waals surface area (Å²) >= 11 is 0. The van der Waals surface area contributed by atoms with Gasteiger partial charge in [0.05, 0.1) is 0 Å². The largest absolute Gasteiger partial charge is 0.358 e. The summed E-state index contributed by atoms with van der Waals surface area (Å²) in [6.45, 7) is 8.48. The van der Waals surface area contributed by atoms with E-state index in [0.29, 0.717) is 0 Å². The molecule has 0 fully saturated rings. The molecular formula is C7H15V-. The fraction of sp³-hybridized carbons (Fsp3) is 0.571. The SMILES string of the molecule is CC(C)=C(C)C.[CH3-].[V]. The second kappa shape index (κ2) is 7.32. The van der Waals surface area contributed by atoms with E-state index in [4.69, 9.17) is 0 Å². The Morgan fingerprint density at radius 1 is 0.750 bits per heavy atom. The first-order valence-corrected chi connectivity index (χ1v) is 2.25. The fourth-order valence-corrected chi connectivity index (χ4v) is 0. The van der Waals surface area contributed by atoms with Gasteiger partial charge in [0.15, 0.2) is 0 Å². The third kappa shape index (κ3) is 9.59. The summed E-state index contributed by atoms with van der Waals surface area (Å²) in [5.41, 5.74) is 2.85. The molecule has 49 valence electrons. The van der Waals surface area contributed by atoms with Gasteiger partial charge in [-0.15, -0.1) is 0 Å². The van der Waals surface area contributed by atoms with Crippen molar-refractivity contribution in [2.45, 2.75) is 27.7 Å². The Morgan fingerprint density at radius 3 is 0.875 bits per heavy atom. The van der Waals surface area contributed by atoms with Gasteiger partial charge in [0.25, 0.3) is 0 Å². The molecule has 1 radical (unpaired) electrons. The van der Waals surface area contributed by atoms with E-state index in [-0.39, 0.29) is 26.0 Å². The summed E-state index contributed by atoms with van der Waals surface area (Å²) < 4.78 is 0. The molecule has 0 saturated carbocycles. The molecule has 0 aromatic heterocycles. The van der Waals surface area contributed by atoms with E-state index in [9.17, 15) is 0 Å². The number of hydrogen-bond acceptors (Lipinski definition) is 0. The van der Waals surface area contributed by atoms with Gasteiger partial charge in [0.2, 0.25) is 0 Å². The molecule has 0 rings (SSSR count). The van der Waals surface area contributed by atoms with E-state index >= 15 is 0 Å². The molecule has 8 heavy (non-hydrogen) atoms. The summed E-state index contributed by atoms with van der Waals surface area (Å²) in [6, 6.07) is 0. The second-order valence-electron chi connectivity index (χ2n) is 2.00. The molecule has 0 N–H and O–H groups in total. The van der Waals surface area contributed by atoms with Crippen molar-refractivity contribution >= 4 is 0 Å². The van der Waals surface area contributed by atoms with Gasteiger partial charge in [-0.1, -0.05) is 11.1 Å². The van der Waals surface area contributed by atoms with Crippen LogP contribution in [0.15, 0.2) is 11.1 Å². The Morgan fingerprint density at radius 2 is 0.875 bits per heavy atom. The van der Waals surface area contributed by atoms with Gasteiger partial charge in [0.1, 0.15) is 0 Å². The van der Waals surface area contributed by atoms with Gasteiger partial charge in [-0.05, 0) is 27.7 Å². The molecule has 0 aliphatic rings. The summed E-state index contributed by atoms with van der Waals surface area (Å²) in [5, 5.41) is 0. The first kappa shape index (κ1) is 15.8. The van der Waals surface area contributed by atoms with Crippen LogP contribution in [0.5, 0.6) is 0 Å². The van der Waals surface area contributed by atoms with Crippen LogP contribution in [0.4, 0.5) is 0 Å². The minimum absolute atomic E-state index is 0. The molecule has 0 aliphatic heterocycles. The molecule has 0 aromatic rings. The summed E-state index contributed by atoms with van der Waals surface area (Å²) in [5.74, 6) is 0. The average Bonchev–Trinajstić information content (AvgIpc) is 1.36. The van der Waals surface area contributed by atoms with E-state index in [1.165, 1.54) is 11.1 Å². The average molecular weight is 150 g/mol. The number of hydrogen-bond donors (Lipinski definition) is 0. The number of rotatable bonds is 0. The predicted octanol–water partition coefficient (Wildman–Crippen LogP) is 2.81. The third-order valence-corrected chi connectivity index (χ3v) is 1.00. The van der Waals surface area contributed by atoms with Crippen LogP contribution in [0.3, 0.4) is 0 Å². The van der Waals surface area contributed by atoms with Crippen molar-refractivity contribution in [1.29, 1.82) is 0 Å². The molecule has 0 aliphatic carbocycles. The quantitative estimate of drug-likeness (QED) is 0.368. The molecule has 0 spiro atoms. The summed E-state index contributed by atoms with van der Waals surface area (Å²) in [7, 11) is 0. The summed E-state index contributed by atoms with van der Waals surface area (Å²) in [4.78, 5) is 0. The zero-order chi connectivity index (χ0) is 5.15. The zero-order valence-electron chi connectivity index (χ0n) is 6.45. The van der Waals surface area contributed by atoms with Crippen LogP contribution >= 0.6 is 0 Å². The van der Waals surface area contributed by atoms with Crippen molar-refractivity contribution in [2.24, 2.45) is 0 Å². The van der Waals surface area contributed by atoms with Crippen LogP contribution in [0, 0.1) is 7.43 Å². The van der Waals surface area contributed by atoms with Crippen LogP contribution in [0.1, 0.15) is 27.7 Å². The van der Waals surface area contributed by atoms with Crippen LogP contribution in [0.2, 0.25) is 0 Å². The molecule has 0 bridgehead atoms. The van der Waals surface area contributed by atoms with Crippen molar-refractivity contribution < 1.29 is 18.6 Å². The molecule has 0 amide bonds. The first-order valence-electron chi connectivity index (χ1n) is 2.25. The Kier molecular flexibility index (Phi) is 14.4. The minimum atomic E-state index is 0.